The molecule has 0 atom stereocenters. The number of hydrogen-bond acceptors (Lipinski definition) is 4. The SMILES string of the molecule is COCCNCC(=O)N(C)CCOc1cccc(F)c1. The van der Waals surface area contributed by atoms with Crippen molar-refractivity contribution in [3.05, 3.63) is 30.1 Å². The van der Waals surface area contributed by atoms with Gasteiger partial charge in [-0.1, -0.05) is 6.07 Å². The molecule has 0 fully saturated rings. The molecule has 112 valence electrons. The normalized spacial score (nSPS) is 10.3. The zero-order valence-corrected chi connectivity index (χ0v) is 11.9. The maximum atomic E-state index is 12.9. The van der Waals surface area contributed by atoms with Crippen LogP contribution in [0.25, 0.3) is 0 Å². The summed E-state index contributed by atoms with van der Waals surface area (Å²) in [6.07, 6.45) is 0. The van der Waals surface area contributed by atoms with Gasteiger partial charge in [-0.2, -0.15) is 0 Å². The molecular formula is C14H21FN2O3. The van der Waals surface area contributed by atoms with E-state index < -0.39 is 0 Å². The summed E-state index contributed by atoms with van der Waals surface area (Å²) in [7, 11) is 3.31. The van der Waals surface area contributed by atoms with Crippen LogP contribution in [0.2, 0.25) is 0 Å². The number of rotatable bonds is 9. The van der Waals surface area contributed by atoms with E-state index in [1.807, 2.05) is 0 Å². The average molecular weight is 284 g/mol. The number of nitrogens with one attached hydrogen (secondary N) is 1. The van der Waals surface area contributed by atoms with Crippen molar-refractivity contribution < 1.29 is 18.7 Å². The van der Waals surface area contributed by atoms with Crippen LogP contribution < -0.4 is 10.1 Å². The highest BCUT2D eigenvalue weighted by molar-refractivity contribution is 5.77. The molecule has 1 aromatic carbocycles. The molecule has 0 radical (unpaired) electrons. The van der Waals surface area contributed by atoms with E-state index in [4.69, 9.17) is 9.47 Å². The van der Waals surface area contributed by atoms with Crippen molar-refractivity contribution >= 4 is 5.91 Å². The van der Waals surface area contributed by atoms with Crippen molar-refractivity contribution in [2.75, 3.05) is 47.0 Å². The topological polar surface area (TPSA) is 50.8 Å². The van der Waals surface area contributed by atoms with Crippen LogP contribution in [0.15, 0.2) is 24.3 Å². The van der Waals surface area contributed by atoms with E-state index in [0.717, 1.165) is 0 Å². The summed E-state index contributed by atoms with van der Waals surface area (Å²) in [5.74, 6) is 0.0993. The molecule has 5 nitrogen and oxygen atoms in total. The number of ether oxygens (including phenoxy) is 2. The summed E-state index contributed by atoms with van der Waals surface area (Å²) in [6.45, 7) is 2.24. The highest BCUT2D eigenvalue weighted by Crippen LogP contribution is 2.11. The third-order valence-corrected chi connectivity index (χ3v) is 2.68. The van der Waals surface area contributed by atoms with Gasteiger partial charge in [0.05, 0.1) is 19.7 Å². The molecule has 0 spiro atoms. The highest BCUT2D eigenvalue weighted by atomic mass is 19.1. The predicted molar refractivity (Wildman–Crippen MR) is 74.3 cm³/mol. The Hall–Kier alpha value is -1.66. The first-order valence-corrected chi connectivity index (χ1v) is 6.45. The summed E-state index contributed by atoms with van der Waals surface area (Å²) in [5.41, 5.74) is 0. The number of halogens is 1. The Morgan fingerprint density at radius 2 is 2.20 bits per heavy atom. The van der Waals surface area contributed by atoms with Crippen LogP contribution in [-0.2, 0) is 9.53 Å². The molecule has 0 saturated heterocycles. The van der Waals surface area contributed by atoms with Crippen molar-refractivity contribution in [1.29, 1.82) is 0 Å². The van der Waals surface area contributed by atoms with Crippen LogP contribution in [0.1, 0.15) is 0 Å². The fourth-order valence-corrected chi connectivity index (χ4v) is 1.49. The van der Waals surface area contributed by atoms with E-state index >= 15 is 0 Å². The minimum Gasteiger partial charge on any atom is -0.492 e. The van der Waals surface area contributed by atoms with Gasteiger partial charge in [0, 0.05) is 26.8 Å². The van der Waals surface area contributed by atoms with E-state index in [0.29, 0.717) is 32.1 Å². The van der Waals surface area contributed by atoms with Gasteiger partial charge < -0.3 is 19.7 Å². The molecule has 1 rings (SSSR count). The van der Waals surface area contributed by atoms with Gasteiger partial charge in [0.15, 0.2) is 0 Å². The third kappa shape index (κ3) is 6.49. The third-order valence-electron chi connectivity index (χ3n) is 2.68. The summed E-state index contributed by atoms with van der Waals surface area (Å²) >= 11 is 0. The Labute approximate surface area is 118 Å². The van der Waals surface area contributed by atoms with Crippen molar-refractivity contribution in [3.8, 4) is 5.75 Å². The first-order valence-electron chi connectivity index (χ1n) is 6.45. The predicted octanol–water partition coefficient (Wildman–Crippen LogP) is 0.899. The smallest absolute Gasteiger partial charge is 0.236 e. The van der Waals surface area contributed by atoms with E-state index in [2.05, 4.69) is 5.32 Å². The fraction of sp³-hybridized carbons (Fsp3) is 0.500. The number of methoxy groups -OCH3 is 1. The van der Waals surface area contributed by atoms with Gasteiger partial charge >= 0.3 is 0 Å². The van der Waals surface area contributed by atoms with E-state index in [9.17, 15) is 9.18 Å². The maximum absolute atomic E-state index is 12.9. The number of hydrogen-bond donors (Lipinski definition) is 1. The Balaban J connectivity index is 2.18. The average Bonchev–Trinajstić information content (AvgIpc) is 2.43. The maximum Gasteiger partial charge on any atom is 0.236 e. The Bertz CT molecular complexity index is 415. The van der Waals surface area contributed by atoms with Gasteiger partial charge in [-0.3, -0.25) is 4.79 Å². The molecule has 1 N–H and O–H groups in total. The molecule has 0 saturated carbocycles. The fourth-order valence-electron chi connectivity index (χ4n) is 1.49. The van der Waals surface area contributed by atoms with E-state index in [-0.39, 0.29) is 18.3 Å². The van der Waals surface area contributed by atoms with Crippen LogP contribution in [0.5, 0.6) is 5.75 Å². The molecule has 0 aliphatic heterocycles. The minimum atomic E-state index is -0.339. The molecule has 20 heavy (non-hydrogen) atoms. The van der Waals surface area contributed by atoms with Gasteiger partial charge in [-0.15, -0.1) is 0 Å². The first kappa shape index (κ1) is 16.4. The monoisotopic (exact) mass is 284 g/mol. The van der Waals surface area contributed by atoms with Crippen molar-refractivity contribution in [1.82, 2.24) is 10.2 Å². The second-order valence-electron chi connectivity index (χ2n) is 4.29. The van der Waals surface area contributed by atoms with Crippen molar-refractivity contribution in [3.63, 3.8) is 0 Å². The van der Waals surface area contributed by atoms with Gasteiger partial charge in [0.25, 0.3) is 0 Å². The van der Waals surface area contributed by atoms with Gasteiger partial charge in [-0.25, -0.2) is 4.39 Å². The number of carbonyl (C=O) groups excluding carboxylic acids is 1. The van der Waals surface area contributed by atoms with Gasteiger partial charge in [0.1, 0.15) is 18.2 Å². The lowest BCUT2D eigenvalue weighted by atomic mass is 10.3. The molecule has 0 bridgehead atoms. The molecular weight excluding hydrogens is 263 g/mol. The van der Waals surface area contributed by atoms with Crippen LogP contribution in [0.4, 0.5) is 4.39 Å². The number of amides is 1. The number of benzene rings is 1. The Morgan fingerprint density at radius 3 is 2.90 bits per heavy atom. The first-order chi connectivity index (χ1) is 9.63. The quantitative estimate of drug-likeness (QED) is 0.685. The van der Waals surface area contributed by atoms with Crippen molar-refractivity contribution in [2.24, 2.45) is 0 Å². The zero-order valence-electron chi connectivity index (χ0n) is 11.9. The standard InChI is InChI=1S/C14H21FN2O3/c1-17(14(18)11-16-6-8-19-2)7-9-20-13-5-3-4-12(15)10-13/h3-5,10,16H,6-9,11H2,1-2H3. The molecule has 0 unspecified atom stereocenters. The molecule has 0 aliphatic rings. The molecule has 0 aromatic heterocycles. The lowest BCUT2D eigenvalue weighted by Crippen LogP contribution is -2.38. The lowest BCUT2D eigenvalue weighted by Gasteiger charge is -2.17. The highest BCUT2D eigenvalue weighted by Gasteiger charge is 2.07. The lowest BCUT2D eigenvalue weighted by molar-refractivity contribution is -0.129. The zero-order chi connectivity index (χ0) is 14.8. The number of likely N-dealkylation sites (N-methyl/N-ethyl adjacent to an activating group) is 1. The number of carbonyl (C=O) groups is 1. The molecule has 1 aromatic rings. The second-order valence-corrected chi connectivity index (χ2v) is 4.29. The molecule has 1 amide bonds. The second kappa shape index (κ2) is 9.28. The summed E-state index contributed by atoms with van der Waals surface area (Å²) in [5, 5.41) is 2.98. The minimum absolute atomic E-state index is 0.0241. The van der Waals surface area contributed by atoms with Crippen LogP contribution >= 0.6 is 0 Å². The summed E-state index contributed by atoms with van der Waals surface area (Å²) < 4.78 is 23.2. The van der Waals surface area contributed by atoms with Crippen LogP contribution in [-0.4, -0.2) is 57.8 Å². The molecule has 0 heterocycles. The van der Waals surface area contributed by atoms with E-state index in [1.54, 1.807) is 31.2 Å². The van der Waals surface area contributed by atoms with Crippen LogP contribution in [0.3, 0.4) is 0 Å². The largest absolute Gasteiger partial charge is 0.492 e. The van der Waals surface area contributed by atoms with E-state index in [1.165, 1.54) is 12.1 Å². The number of nitrogens with zero attached hydrogens (tertiary/aromatic N) is 1. The Kier molecular flexibility index (Phi) is 7.60. The van der Waals surface area contributed by atoms with Gasteiger partial charge in [0.2, 0.25) is 5.91 Å². The van der Waals surface area contributed by atoms with Crippen LogP contribution in [0, 0.1) is 5.82 Å². The van der Waals surface area contributed by atoms with Gasteiger partial charge in [-0.05, 0) is 12.1 Å². The van der Waals surface area contributed by atoms with Crippen molar-refractivity contribution in [2.45, 2.75) is 0 Å². The molecule has 6 heteroatoms. The Morgan fingerprint density at radius 1 is 1.40 bits per heavy atom. The molecule has 0 aliphatic carbocycles. The summed E-state index contributed by atoms with van der Waals surface area (Å²) in [4.78, 5) is 13.3. The summed E-state index contributed by atoms with van der Waals surface area (Å²) in [6, 6.07) is 5.93.